The number of alkyl halides is 3. The third-order valence-corrected chi connectivity index (χ3v) is 9.26. The van der Waals surface area contributed by atoms with E-state index in [-0.39, 0.29) is 16.9 Å². The molecule has 4 rings (SSSR count). The van der Waals surface area contributed by atoms with Gasteiger partial charge in [-0.2, -0.15) is 13.2 Å². The summed E-state index contributed by atoms with van der Waals surface area (Å²) in [6.45, 7) is 0.866. The summed E-state index contributed by atoms with van der Waals surface area (Å²) in [6, 6.07) is 23.9. The second-order valence-corrected chi connectivity index (χ2v) is 12.7. The number of halogens is 4. The summed E-state index contributed by atoms with van der Waals surface area (Å²) < 4.78 is 84.7. The molecule has 0 unspecified atom stereocenters. The van der Waals surface area contributed by atoms with Crippen LogP contribution in [0.2, 0.25) is 0 Å². The maximum atomic E-state index is 15.0. The normalized spacial score (nSPS) is 12.3. The van der Waals surface area contributed by atoms with E-state index in [9.17, 15) is 35.6 Å². The van der Waals surface area contributed by atoms with Crippen LogP contribution in [0.4, 0.5) is 23.2 Å². The van der Waals surface area contributed by atoms with E-state index >= 15 is 0 Å². The largest absolute Gasteiger partial charge is 0.416 e. The highest BCUT2D eigenvalue weighted by Gasteiger charge is 2.36. The fraction of sp³-hybridized carbons (Fsp3) is 0.257. The maximum absolute atomic E-state index is 15.0. The third kappa shape index (κ3) is 9.19. The van der Waals surface area contributed by atoms with Crippen molar-refractivity contribution in [2.75, 3.05) is 17.4 Å². The molecule has 7 nitrogen and oxygen atoms in total. The van der Waals surface area contributed by atoms with Crippen LogP contribution in [0.1, 0.15) is 36.5 Å². The summed E-state index contributed by atoms with van der Waals surface area (Å²) in [5.41, 5.74) is -0.774. The highest BCUT2D eigenvalue weighted by atomic mass is 32.2. The molecule has 0 aliphatic rings. The Morgan fingerprint density at radius 3 is 2.13 bits per heavy atom. The minimum absolute atomic E-state index is 0.00792. The van der Waals surface area contributed by atoms with Crippen molar-refractivity contribution >= 4 is 27.5 Å². The predicted molar refractivity (Wildman–Crippen MR) is 171 cm³/mol. The van der Waals surface area contributed by atoms with Crippen LogP contribution in [0.15, 0.2) is 114 Å². The van der Waals surface area contributed by atoms with Crippen molar-refractivity contribution in [2.45, 2.75) is 49.8 Å². The van der Waals surface area contributed by atoms with Crippen molar-refractivity contribution < 1.29 is 35.6 Å². The van der Waals surface area contributed by atoms with Crippen molar-refractivity contribution in [1.29, 1.82) is 0 Å². The number of hydrogen-bond acceptors (Lipinski definition) is 4. The average molecular weight is 670 g/mol. The molecule has 0 saturated carbocycles. The van der Waals surface area contributed by atoms with E-state index in [1.54, 1.807) is 42.5 Å². The summed E-state index contributed by atoms with van der Waals surface area (Å²) in [7, 11) is -4.60. The Morgan fingerprint density at radius 1 is 0.851 bits per heavy atom. The highest BCUT2D eigenvalue weighted by molar-refractivity contribution is 7.92. The zero-order valence-corrected chi connectivity index (χ0v) is 26.5. The molecule has 0 aromatic heterocycles. The van der Waals surface area contributed by atoms with E-state index in [4.69, 9.17) is 0 Å². The highest BCUT2D eigenvalue weighted by Crippen LogP contribution is 2.33. The number of nitrogens with one attached hydrogen (secondary N) is 1. The molecule has 0 saturated heterocycles. The fourth-order valence-electron chi connectivity index (χ4n) is 4.96. The van der Waals surface area contributed by atoms with Gasteiger partial charge in [0, 0.05) is 25.1 Å². The van der Waals surface area contributed by atoms with Crippen LogP contribution in [0, 0.1) is 5.82 Å². The smallest absolute Gasteiger partial charge is 0.354 e. The van der Waals surface area contributed by atoms with Gasteiger partial charge in [0.15, 0.2) is 0 Å². The van der Waals surface area contributed by atoms with E-state index in [1.807, 2.05) is 6.92 Å². The van der Waals surface area contributed by atoms with Gasteiger partial charge in [0.25, 0.3) is 10.0 Å². The van der Waals surface area contributed by atoms with Crippen molar-refractivity contribution in [3.8, 4) is 0 Å². The molecule has 2 amide bonds. The quantitative estimate of drug-likeness (QED) is 0.121. The van der Waals surface area contributed by atoms with Crippen molar-refractivity contribution in [1.82, 2.24) is 10.2 Å². The number of carbonyl (C=O) groups excluding carboxylic acids is 2. The number of sulfonamides is 1. The zero-order chi connectivity index (χ0) is 34.0. The van der Waals surface area contributed by atoms with Crippen molar-refractivity contribution in [2.24, 2.45) is 0 Å². The SMILES string of the molecule is CCCCNC(=O)[C@H](Cc1ccccc1)N(Cc1ccccc1F)C(=O)CN(c1cccc(C(F)(F)F)c1)S(=O)(=O)c1ccccc1. The lowest BCUT2D eigenvalue weighted by atomic mass is 10.0. The first-order valence-corrected chi connectivity index (χ1v) is 16.5. The molecule has 0 aliphatic heterocycles. The molecular weight excluding hydrogens is 634 g/mol. The van der Waals surface area contributed by atoms with Gasteiger partial charge in [-0.15, -0.1) is 0 Å². The molecule has 12 heteroatoms. The second kappa shape index (κ2) is 15.7. The minimum atomic E-state index is -4.80. The van der Waals surface area contributed by atoms with Crippen LogP contribution >= 0.6 is 0 Å². The monoisotopic (exact) mass is 669 g/mol. The number of unbranched alkanes of at least 4 members (excludes halogenated alkanes) is 1. The van der Waals surface area contributed by atoms with Crippen molar-refractivity contribution in [3.63, 3.8) is 0 Å². The summed E-state index contributed by atoms with van der Waals surface area (Å²) in [6.07, 6.45) is -3.35. The number of anilines is 1. The molecule has 0 heterocycles. The molecule has 0 aliphatic carbocycles. The topological polar surface area (TPSA) is 86.8 Å². The molecule has 1 atom stereocenters. The Labute approximate surface area is 271 Å². The lowest BCUT2D eigenvalue weighted by Crippen LogP contribution is -2.53. The number of carbonyl (C=O) groups is 2. The van der Waals surface area contributed by atoms with Crippen LogP contribution in [0.3, 0.4) is 0 Å². The average Bonchev–Trinajstić information content (AvgIpc) is 3.06. The van der Waals surface area contributed by atoms with Gasteiger partial charge in [-0.1, -0.05) is 86.1 Å². The van der Waals surface area contributed by atoms with Gasteiger partial charge in [-0.3, -0.25) is 13.9 Å². The van der Waals surface area contributed by atoms with E-state index < -0.39 is 64.2 Å². The molecule has 4 aromatic carbocycles. The van der Waals surface area contributed by atoms with Gasteiger partial charge in [-0.25, -0.2) is 12.8 Å². The lowest BCUT2D eigenvalue weighted by Gasteiger charge is -2.34. The fourth-order valence-corrected chi connectivity index (χ4v) is 6.38. The molecule has 0 bridgehead atoms. The van der Waals surface area contributed by atoms with E-state index in [2.05, 4.69) is 5.32 Å². The predicted octanol–water partition coefficient (Wildman–Crippen LogP) is 6.60. The summed E-state index contributed by atoms with van der Waals surface area (Å²) >= 11 is 0. The maximum Gasteiger partial charge on any atom is 0.416 e. The number of nitrogens with zero attached hydrogens (tertiary/aromatic N) is 2. The van der Waals surface area contributed by atoms with Gasteiger partial charge in [0.2, 0.25) is 11.8 Å². The van der Waals surface area contributed by atoms with Crippen LogP contribution in [0.5, 0.6) is 0 Å². The second-order valence-electron chi connectivity index (χ2n) is 10.8. The van der Waals surface area contributed by atoms with E-state index in [0.29, 0.717) is 28.9 Å². The third-order valence-electron chi connectivity index (χ3n) is 7.47. The Bertz CT molecular complexity index is 1750. The zero-order valence-electron chi connectivity index (χ0n) is 25.7. The molecule has 0 spiro atoms. The van der Waals surface area contributed by atoms with Gasteiger partial charge in [0.1, 0.15) is 18.4 Å². The Balaban J connectivity index is 1.83. The standard InChI is InChI=1S/C35H35F4N3O4S/c1-2-3-21-40-34(44)32(22-26-13-6-4-7-14-26)41(24-27-15-10-11-20-31(27)36)33(43)25-42(47(45,46)30-18-8-5-9-19-30)29-17-12-16-28(23-29)35(37,38)39/h4-20,23,32H,2-3,21-22,24-25H2,1H3,(H,40,44)/t32-/m0/s1. The van der Waals surface area contributed by atoms with E-state index in [0.717, 1.165) is 29.5 Å². The van der Waals surface area contributed by atoms with Gasteiger partial charge in [-0.05, 0) is 48.4 Å². The molecule has 47 heavy (non-hydrogen) atoms. The summed E-state index contributed by atoms with van der Waals surface area (Å²) in [5, 5.41) is 2.82. The Kier molecular flexibility index (Phi) is 11.8. The first-order valence-electron chi connectivity index (χ1n) is 15.0. The van der Waals surface area contributed by atoms with Crippen LogP contribution in [0.25, 0.3) is 0 Å². The van der Waals surface area contributed by atoms with E-state index in [1.165, 1.54) is 42.5 Å². The molecule has 248 valence electrons. The van der Waals surface area contributed by atoms with Crippen molar-refractivity contribution in [3.05, 3.63) is 132 Å². The van der Waals surface area contributed by atoms with Crippen LogP contribution in [-0.2, 0) is 38.8 Å². The lowest BCUT2D eigenvalue weighted by molar-refractivity contribution is -0.140. The molecular formula is C35H35F4N3O4S. The number of rotatable bonds is 14. The minimum Gasteiger partial charge on any atom is -0.354 e. The summed E-state index contributed by atoms with van der Waals surface area (Å²) in [5.74, 6) is -2.11. The number of benzene rings is 4. The molecule has 0 fully saturated rings. The summed E-state index contributed by atoms with van der Waals surface area (Å²) in [4.78, 5) is 28.9. The number of amides is 2. The Morgan fingerprint density at radius 2 is 1.49 bits per heavy atom. The first-order chi connectivity index (χ1) is 22.4. The number of hydrogen-bond donors (Lipinski definition) is 1. The van der Waals surface area contributed by atoms with Gasteiger partial charge >= 0.3 is 6.18 Å². The first kappa shape index (κ1) is 35.1. The Hall–Kier alpha value is -4.71. The molecule has 4 aromatic rings. The molecule has 1 N–H and O–H groups in total. The van der Waals surface area contributed by atoms with Gasteiger partial charge < -0.3 is 10.2 Å². The van der Waals surface area contributed by atoms with Gasteiger partial charge in [0.05, 0.1) is 16.1 Å². The van der Waals surface area contributed by atoms with Crippen LogP contribution < -0.4 is 9.62 Å². The molecule has 0 radical (unpaired) electrons. The van der Waals surface area contributed by atoms with Crippen LogP contribution in [-0.4, -0.2) is 44.3 Å².